The summed E-state index contributed by atoms with van der Waals surface area (Å²) < 4.78 is 17.3. The van der Waals surface area contributed by atoms with E-state index in [-0.39, 0.29) is 5.88 Å². The number of H-pyrrole nitrogens is 1. The molecule has 0 fully saturated rings. The van der Waals surface area contributed by atoms with Gasteiger partial charge in [0, 0.05) is 0 Å². The molecule has 0 amide bonds. The van der Waals surface area contributed by atoms with Crippen LogP contribution < -0.4 is 19.9 Å². The lowest BCUT2D eigenvalue weighted by atomic mass is 9.83. The molecule has 1 atom stereocenters. The van der Waals surface area contributed by atoms with Gasteiger partial charge in [0.1, 0.15) is 11.6 Å². The number of nitriles is 1. The van der Waals surface area contributed by atoms with Crippen LogP contribution in [0.4, 0.5) is 0 Å². The van der Waals surface area contributed by atoms with E-state index in [0.29, 0.717) is 36.2 Å². The third-order valence-electron chi connectivity index (χ3n) is 5.06. The number of allylic oxidation sites excluding steroid dienone is 1. The summed E-state index contributed by atoms with van der Waals surface area (Å²) in [5, 5.41) is 17.3. The van der Waals surface area contributed by atoms with Gasteiger partial charge in [-0.05, 0) is 36.6 Å². The van der Waals surface area contributed by atoms with Crippen LogP contribution >= 0.6 is 0 Å². The Morgan fingerprint density at radius 2 is 1.94 bits per heavy atom. The van der Waals surface area contributed by atoms with Crippen LogP contribution in [0.3, 0.4) is 0 Å². The molecule has 2 aromatic carbocycles. The van der Waals surface area contributed by atoms with Crippen LogP contribution in [0.25, 0.3) is 11.3 Å². The zero-order valence-corrected chi connectivity index (χ0v) is 17.5. The summed E-state index contributed by atoms with van der Waals surface area (Å²) in [7, 11) is 0. The molecule has 3 aromatic rings. The maximum absolute atomic E-state index is 9.91. The average Bonchev–Trinajstić information content (AvgIpc) is 3.21. The molecular weight excluding hydrogens is 392 g/mol. The van der Waals surface area contributed by atoms with Gasteiger partial charge in [0.05, 0.1) is 30.4 Å². The molecule has 0 saturated heterocycles. The molecule has 2 heterocycles. The van der Waals surface area contributed by atoms with Crippen molar-refractivity contribution < 1.29 is 14.2 Å². The monoisotopic (exact) mass is 416 g/mol. The van der Waals surface area contributed by atoms with Crippen LogP contribution in [0, 0.1) is 11.3 Å². The quantitative estimate of drug-likeness (QED) is 0.588. The fraction of sp³-hybridized carbons (Fsp3) is 0.250. The average molecular weight is 416 g/mol. The first kappa shape index (κ1) is 20.4. The van der Waals surface area contributed by atoms with Gasteiger partial charge in [-0.15, -0.1) is 5.10 Å². The SMILES string of the molecule is CCCOc1ccc([C@@H]2C(C#N)=C(N)Oc3n[nH]c(-c4ccccc4)c32)cc1OCC. The fourth-order valence-electron chi connectivity index (χ4n) is 3.71. The van der Waals surface area contributed by atoms with Gasteiger partial charge in [-0.3, -0.25) is 5.10 Å². The van der Waals surface area contributed by atoms with Gasteiger partial charge >= 0.3 is 0 Å². The molecule has 3 N–H and O–H groups in total. The molecule has 0 saturated carbocycles. The number of hydrogen-bond acceptors (Lipinski definition) is 6. The maximum atomic E-state index is 9.91. The Morgan fingerprint density at radius 1 is 1.13 bits per heavy atom. The van der Waals surface area contributed by atoms with Crippen molar-refractivity contribution in [3.63, 3.8) is 0 Å². The first-order valence-corrected chi connectivity index (χ1v) is 10.3. The molecule has 4 rings (SSSR count). The highest BCUT2D eigenvalue weighted by molar-refractivity contribution is 5.71. The largest absolute Gasteiger partial charge is 0.490 e. The minimum atomic E-state index is -0.456. The molecule has 7 nitrogen and oxygen atoms in total. The van der Waals surface area contributed by atoms with Gasteiger partial charge in [0.2, 0.25) is 11.8 Å². The lowest BCUT2D eigenvalue weighted by Gasteiger charge is -2.25. The number of nitrogens with one attached hydrogen (secondary N) is 1. The Labute approximate surface area is 181 Å². The summed E-state index contributed by atoms with van der Waals surface area (Å²) in [5.74, 6) is 1.26. The van der Waals surface area contributed by atoms with E-state index in [1.54, 1.807) is 0 Å². The van der Waals surface area contributed by atoms with Crippen LogP contribution in [0.15, 0.2) is 60.0 Å². The maximum Gasteiger partial charge on any atom is 0.244 e. The summed E-state index contributed by atoms with van der Waals surface area (Å²) in [6, 6.07) is 17.7. The smallest absolute Gasteiger partial charge is 0.244 e. The van der Waals surface area contributed by atoms with Crippen LogP contribution in [0.2, 0.25) is 0 Å². The Kier molecular flexibility index (Phi) is 5.80. The lowest BCUT2D eigenvalue weighted by Crippen LogP contribution is -2.21. The van der Waals surface area contributed by atoms with Crippen molar-refractivity contribution in [1.29, 1.82) is 5.26 Å². The summed E-state index contributed by atoms with van der Waals surface area (Å²) in [6.45, 7) is 5.06. The Bertz CT molecular complexity index is 1150. The molecule has 1 aliphatic rings. The predicted molar refractivity (Wildman–Crippen MR) is 117 cm³/mol. The number of nitrogens with two attached hydrogens (primary N) is 1. The van der Waals surface area contributed by atoms with Gasteiger partial charge in [-0.25, -0.2) is 0 Å². The summed E-state index contributed by atoms with van der Waals surface area (Å²) in [6.07, 6.45) is 0.893. The minimum absolute atomic E-state index is 0.0513. The fourth-order valence-corrected chi connectivity index (χ4v) is 3.71. The number of aromatic nitrogens is 2. The second-order valence-corrected chi connectivity index (χ2v) is 7.10. The van der Waals surface area contributed by atoms with E-state index in [4.69, 9.17) is 19.9 Å². The molecule has 1 aromatic heterocycles. The summed E-state index contributed by atoms with van der Waals surface area (Å²) in [4.78, 5) is 0. The topological polar surface area (TPSA) is 106 Å². The Morgan fingerprint density at radius 3 is 2.65 bits per heavy atom. The number of aromatic amines is 1. The number of hydrogen-bond donors (Lipinski definition) is 2. The standard InChI is InChI=1S/C24H24N4O3/c1-3-12-30-18-11-10-16(13-19(18)29-4-2)20-17(14-25)23(26)31-24-21(20)22(27-28-24)15-8-6-5-7-9-15/h5-11,13,20H,3-4,12,26H2,1-2H3,(H,27,28)/t20-/m1/s1. The highest BCUT2D eigenvalue weighted by Gasteiger charge is 2.36. The van der Waals surface area contributed by atoms with Crippen molar-refractivity contribution in [3.8, 4) is 34.7 Å². The van der Waals surface area contributed by atoms with E-state index in [2.05, 4.69) is 23.2 Å². The molecular formula is C24H24N4O3. The first-order chi connectivity index (χ1) is 15.2. The summed E-state index contributed by atoms with van der Waals surface area (Å²) in [5.41, 5.74) is 9.76. The van der Waals surface area contributed by atoms with Crippen molar-refractivity contribution in [3.05, 3.63) is 71.1 Å². The minimum Gasteiger partial charge on any atom is -0.490 e. The molecule has 0 bridgehead atoms. The number of nitrogens with zero attached hydrogens (tertiary/aromatic N) is 2. The highest BCUT2D eigenvalue weighted by Crippen LogP contribution is 2.47. The predicted octanol–water partition coefficient (Wildman–Crippen LogP) is 4.48. The van der Waals surface area contributed by atoms with Gasteiger partial charge < -0.3 is 19.9 Å². The molecule has 0 spiro atoms. The van der Waals surface area contributed by atoms with Gasteiger partial charge in [-0.2, -0.15) is 5.26 Å². The Balaban J connectivity index is 1.87. The second-order valence-electron chi connectivity index (χ2n) is 7.10. The third kappa shape index (κ3) is 3.80. The number of benzene rings is 2. The highest BCUT2D eigenvalue weighted by atomic mass is 16.5. The van der Waals surface area contributed by atoms with Crippen LogP contribution in [-0.4, -0.2) is 23.4 Å². The molecule has 7 heteroatoms. The van der Waals surface area contributed by atoms with Crippen LogP contribution in [0.5, 0.6) is 17.4 Å². The lowest BCUT2D eigenvalue weighted by molar-refractivity contribution is 0.276. The van der Waals surface area contributed by atoms with Gasteiger partial charge in [0.25, 0.3) is 0 Å². The van der Waals surface area contributed by atoms with E-state index in [1.165, 1.54) is 0 Å². The zero-order valence-electron chi connectivity index (χ0n) is 17.5. The molecule has 0 radical (unpaired) electrons. The molecule has 0 unspecified atom stereocenters. The molecule has 0 aliphatic carbocycles. The van der Waals surface area contributed by atoms with Crippen molar-refractivity contribution in [2.75, 3.05) is 13.2 Å². The number of rotatable bonds is 7. The van der Waals surface area contributed by atoms with Gasteiger partial charge in [0.15, 0.2) is 11.5 Å². The van der Waals surface area contributed by atoms with Crippen molar-refractivity contribution in [2.24, 2.45) is 5.73 Å². The second kappa shape index (κ2) is 8.84. The molecule has 1 aliphatic heterocycles. The first-order valence-electron chi connectivity index (χ1n) is 10.3. The van der Waals surface area contributed by atoms with E-state index in [1.807, 2.05) is 55.5 Å². The van der Waals surface area contributed by atoms with E-state index >= 15 is 0 Å². The van der Waals surface area contributed by atoms with Crippen molar-refractivity contribution >= 4 is 0 Å². The van der Waals surface area contributed by atoms with E-state index in [9.17, 15) is 5.26 Å². The number of ether oxygens (including phenoxy) is 3. The Hall–Kier alpha value is -3.92. The van der Waals surface area contributed by atoms with Crippen LogP contribution in [-0.2, 0) is 0 Å². The number of fused-ring (bicyclic) bond motifs is 1. The molecule has 31 heavy (non-hydrogen) atoms. The van der Waals surface area contributed by atoms with Crippen molar-refractivity contribution in [2.45, 2.75) is 26.2 Å². The normalized spacial score (nSPS) is 15.1. The van der Waals surface area contributed by atoms with Crippen molar-refractivity contribution in [1.82, 2.24) is 10.2 Å². The molecule has 158 valence electrons. The zero-order chi connectivity index (χ0) is 21.8. The third-order valence-corrected chi connectivity index (χ3v) is 5.06. The van der Waals surface area contributed by atoms with Gasteiger partial charge in [-0.1, -0.05) is 43.3 Å². The van der Waals surface area contributed by atoms with Crippen LogP contribution in [0.1, 0.15) is 37.3 Å². The van der Waals surface area contributed by atoms with E-state index in [0.717, 1.165) is 28.8 Å². The van der Waals surface area contributed by atoms with E-state index < -0.39 is 5.92 Å². The summed E-state index contributed by atoms with van der Waals surface area (Å²) >= 11 is 0.